The number of rotatable bonds is 3. The zero-order chi connectivity index (χ0) is 16.0. The number of aromatic nitrogens is 2. The highest BCUT2D eigenvalue weighted by Crippen LogP contribution is 2.39. The first-order chi connectivity index (χ1) is 11.1. The molecule has 7 heteroatoms. The molecule has 122 valence electrons. The molecule has 2 atom stereocenters. The molecule has 1 aliphatic heterocycles. The Hall–Kier alpha value is -2.15. The smallest absolute Gasteiger partial charge is 0.258 e. The van der Waals surface area contributed by atoms with E-state index < -0.39 is 0 Å². The van der Waals surface area contributed by atoms with E-state index in [0.717, 1.165) is 18.7 Å². The molecule has 0 radical (unpaired) electrons. The Bertz CT molecular complexity index is 718. The van der Waals surface area contributed by atoms with Crippen molar-refractivity contribution in [1.82, 2.24) is 15.0 Å². The summed E-state index contributed by atoms with van der Waals surface area (Å²) in [5, 5.41) is 4.06. The van der Waals surface area contributed by atoms with Crippen LogP contribution in [0.3, 0.4) is 0 Å². The minimum atomic E-state index is -0.370. The topological polar surface area (TPSA) is 81.6 Å². The first-order valence-electron chi connectivity index (χ1n) is 7.95. The molecule has 23 heavy (non-hydrogen) atoms. The highest BCUT2D eigenvalue weighted by Gasteiger charge is 2.40. The Morgan fingerprint density at radius 3 is 2.91 bits per heavy atom. The van der Waals surface area contributed by atoms with Gasteiger partial charge in [0, 0.05) is 12.5 Å². The van der Waals surface area contributed by atoms with Crippen LogP contribution in [0.15, 0.2) is 21.3 Å². The van der Waals surface area contributed by atoms with Crippen LogP contribution in [-0.4, -0.2) is 40.2 Å². The Morgan fingerprint density at radius 2 is 2.22 bits per heavy atom. The molecule has 3 heterocycles. The lowest BCUT2D eigenvalue weighted by Crippen LogP contribution is -2.47. The van der Waals surface area contributed by atoms with Crippen LogP contribution in [0.5, 0.6) is 0 Å². The number of nitrogens with zero attached hydrogens (tertiary/aromatic N) is 3. The van der Waals surface area contributed by atoms with E-state index in [2.05, 4.69) is 10.1 Å². The van der Waals surface area contributed by atoms with E-state index in [-0.39, 0.29) is 18.1 Å². The maximum absolute atomic E-state index is 12.9. The Morgan fingerprint density at radius 1 is 1.39 bits per heavy atom. The number of carbonyl (C=O) groups is 1. The Balaban J connectivity index is 1.65. The molecule has 2 aromatic rings. The molecule has 1 saturated heterocycles. The van der Waals surface area contributed by atoms with Crippen LogP contribution in [-0.2, 0) is 4.74 Å². The lowest BCUT2D eigenvalue weighted by atomic mass is 10.1. The molecule has 0 aromatic carbocycles. The van der Waals surface area contributed by atoms with Gasteiger partial charge in [-0.05, 0) is 32.8 Å². The number of ether oxygens (including phenoxy) is 1. The fourth-order valence-corrected chi connectivity index (χ4v) is 3.02. The van der Waals surface area contributed by atoms with E-state index >= 15 is 0 Å². The molecule has 2 aromatic heterocycles. The largest absolute Gasteiger partial charge is 0.469 e. The first kappa shape index (κ1) is 14.4. The third kappa shape index (κ3) is 2.55. The second-order valence-corrected chi connectivity index (χ2v) is 6.17. The Labute approximate surface area is 133 Å². The van der Waals surface area contributed by atoms with Crippen molar-refractivity contribution < 1.29 is 18.5 Å². The van der Waals surface area contributed by atoms with Crippen LogP contribution in [0.2, 0.25) is 0 Å². The van der Waals surface area contributed by atoms with Gasteiger partial charge in [0.1, 0.15) is 11.8 Å². The van der Waals surface area contributed by atoms with Crippen LogP contribution < -0.4 is 0 Å². The number of carbonyl (C=O) groups excluding carboxylic acids is 1. The lowest BCUT2D eigenvalue weighted by Gasteiger charge is -2.37. The standard InChI is InChI=1S/C16H19N3O4/c1-9-12(5-7-21-9)16(20)19-6-8-22-10(2)13(19)15-17-14(18-23-15)11-3-4-11/h5,7,10-11,13H,3-4,6,8H2,1-2H3/t10-,13+/m1/s1. The summed E-state index contributed by atoms with van der Waals surface area (Å²) in [5.41, 5.74) is 0.561. The lowest BCUT2D eigenvalue weighted by molar-refractivity contribution is -0.0601. The van der Waals surface area contributed by atoms with Gasteiger partial charge in [-0.25, -0.2) is 0 Å². The van der Waals surface area contributed by atoms with Gasteiger partial charge in [-0.3, -0.25) is 4.79 Å². The van der Waals surface area contributed by atoms with Crippen molar-refractivity contribution in [2.24, 2.45) is 0 Å². The van der Waals surface area contributed by atoms with E-state index in [9.17, 15) is 4.79 Å². The first-order valence-corrected chi connectivity index (χ1v) is 7.95. The van der Waals surface area contributed by atoms with Gasteiger partial charge in [0.2, 0.25) is 0 Å². The van der Waals surface area contributed by atoms with Crippen molar-refractivity contribution in [2.45, 2.75) is 44.8 Å². The fourth-order valence-electron chi connectivity index (χ4n) is 3.02. The molecule has 2 fully saturated rings. The summed E-state index contributed by atoms with van der Waals surface area (Å²) in [5.74, 6) is 2.12. The summed E-state index contributed by atoms with van der Waals surface area (Å²) in [7, 11) is 0. The Kier molecular flexibility index (Phi) is 3.45. The summed E-state index contributed by atoms with van der Waals surface area (Å²) in [6.45, 7) is 4.68. The molecule has 1 amide bonds. The van der Waals surface area contributed by atoms with Crippen molar-refractivity contribution in [3.63, 3.8) is 0 Å². The molecule has 0 unspecified atom stereocenters. The zero-order valence-corrected chi connectivity index (χ0v) is 13.2. The maximum Gasteiger partial charge on any atom is 0.258 e. The summed E-state index contributed by atoms with van der Waals surface area (Å²) in [6, 6.07) is 1.32. The van der Waals surface area contributed by atoms with Gasteiger partial charge < -0.3 is 18.6 Å². The van der Waals surface area contributed by atoms with Crippen LogP contribution in [0.4, 0.5) is 0 Å². The van der Waals surface area contributed by atoms with Gasteiger partial charge in [0.15, 0.2) is 5.82 Å². The van der Waals surface area contributed by atoms with Crippen molar-refractivity contribution in [3.8, 4) is 0 Å². The van der Waals surface area contributed by atoms with Crippen molar-refractivity contribution in [2.75, 3.05) is 13.2 Å². The number of aryl methyl sites for hydroxylation is 1. The molecule has 7 nitrogen and oxygen atoms in total. The molecular formula is C16H19N3O4. The quantitative estimate of drug-likeness (QED) is 0.865. The van der Waals surface area contributed by atoms with Gasteiger partial charge in [-0.2, -0.15) is 4.98 Å². The number of hydrogen-bond donors (Lipinski definition) is 0. The van der Waals surface area contributed by atoms with E-state index in [1.807, 2.05) is 6.92 Å². The van der Waals surface area contributed by atoms with Gasteiger partial charge in [-0.1, -0.05) is 5.16 Å². The predicted molar refractivity (Wildman–Crippen MR) is 78.9 cm³/mol. The average molecular weight is 317 g/mol. The second-order valence-electron chi connectivity index (χ2n) is 6.17. The van der Waals surface area contributed by atoms with Gasteiger partial charge in [0.05, 0.1) is 24.5 Å². The van der Waals surface area contributed by atoms with E-state index in [1.165, 1.54) is 6.26 Å². The minimum absolute atomic E-state index is 0.0948. The average Bonchev–Trinajstić information content (AvgIpc) is 3.12. The molecule has 0 bridgehead atoms. The van der Waals surface area contributed by atoms with Crippen LogP contribution >= 0.6 is 0 Å². The van der Waals surface area contributed by atoms with Crippen molar-refractivity contribution >= 4 is 5.91 Å². The molecule has 0 spiro atoms. The van der Waals surface area contributed by atoms with Crippen LogP contribution in [0, 0.1) is 6.92 Å². The van der Waals surface area contributed by atoms with Crippen molar-refractivity contribution in [1.29, 1.82) is 0 Å². The van der Waals surface area contributed by atoms with Crippen molar-refractivity contribution in [3.05, 3.63) is 35.4 Å². The number of morpholine rings is 1. The van der Waals surface area contributed by atoms with Crippen LogP contribution in [0.25, 0.3) is 0 Å². The second kappa shape index (κ2) is 5.49. The molecule has 1 aliphatic carbocycles. The maximum atomic E-state index is 12.9. The normalized spacial score (nSPS) is 24.9. The zero-order valence-electron chi connectivity index (χ0n) is 13.2. The third-order valence-electron chi connectivity index (χ3n) is 4.50. The van der Waals surface area contributed by atoms with Gasteiger partial charge in [-0.15, -0.1) is 0 Å². The molecule has 4 rings (SSSR count). The van der Waals surface area contributed by atoms with E-state index in [1.54, 1.807) is 17.9 Å². The molecule has 1 saturated carbocycles. The van der Waals surface area contributed by atoms with Gasteiger partial charge >= 0.3 is 0 Å². The monoisotopic (exact) mass is 317 g/mol. The summed E-state index contributed by atoms with van der Waals surface area (Å²) >= 11 is 0. The summed E-state index contributed by atoms with van der Waals surface area (Å²) in [6.07, 6.45) is 3.53. The number of hydrogen-bond acceptors (Lipinski definition) is 6. The summed E-state index contributed by atoms with van der Waals surface area (Å²) < 4.78 is 16.4. The number of amides is 1. The molecule has 0 N–H and O–H groups in total. The minimum Gasteiger partial charge on any atom is -0.469 e. The highest BCUT2D eigenvalue weighted by atomic mass is 16.5. The third-order valence-corrected chi connectivity index (χ3v) is 4.50. The SMILES string of the molecule is Cc1occc1C(=O)N1CCO[C@H](C)[C@H]1c1nc(C2CC2)no1. The molecular weight excluding hydrogens is 298 g/mol. The number of furan rings is 1. The van der Waals surface area contributed by atoms with E-state index in [0.29, 0.717) is 36.3 Å². The molecule has 2 aliphatic rings. The predicted octanol–water partition coefficient (Wildman–Crippen LogP) is 2.45. The highest BCUT2D eigenvalue weighted by molar-refractivity contribution is 5.95. The van der Waals surface area contributed by atoms with E-state index in [4.69, 9.17) is 13.7 Å². The van der Waals surface area contributed by atoms with Gasteiger partial charge in [0.25, 0.3) is 11.8 Å². The van der Waals surface area contributed by atoms with Crippen LogP contribution in [0.1, 0.15) is 59.6 Å². The summed E-state index contributed by atoms with van der Waals surface area (Å²) in [4.78, 5) is 19.1. The fraction of sp³-hybridized carbons (Fsp3) is 0.562.